The van der Waals surface area contributed by atoms with Gasteiger partial charge in [-0.2, -0.15) is 0 Å². The predicted octanol–water partition coefficient (Wildman–Crippen LogP) is -1.23. The molecule has 0 aromatic heterocycles. The van der Waals surface area contributed by atoms with Crippen LogP contribution >= 0.6 is 0 Å². The van der Waals surface area contributed by atoms with E-state index >= 15 is 0 Å². The number of hydrogen-bond donors (Lipinski definition) is 4. The van der Waals surface area contributed by atoms with Crippen LogP contribution < -0.4 is 4.74 Å². The van der Waals surface area contributed by atoms with Crippen molar-refractivity contribution >= 4 is 5.69 Å². The third-order valence-corrected chi connectivity index (χ3v) is 3.16. The number of benzene rings is 1. The molecule has 1 heterocycles. The maximum atomic E-state index is 10.5. The van der Waals surface area contributed by atoms with Gasteiger partial charge in [-0.25, -0.2) is 0 Å². The van der Waals surface area contributed by atoms with Gasteiger partial charge in [0.1, 0.15) is 24.1 Å². The number of aliphatic hydroxyl groups is 4. The first kappa shape index (κ1) is 15.6. The van der Waals surface area contributed by atoms with Gasteiger partial charge in [-0.3, -0.25) is 10.1 Å². The van der Waals surface area contributed by atoms with Crippen molar-refractivity contribution in [2.24, 2.45) is 0 Å². The van der Waals surface area contributed by atoms with Crippen LogP contribution in [0.3, 0.4) is 0 Å². The van der Waals surface area contributed by atoms with Gasteiger partial charge >= 0.3 is 0 Å². The minimum absolute atomic E-state index is 0.135. The molecule has 1 aromatic rings. The lowest BCUT2D eigenvalue weighted by molar-refractivity contribution is -0.384. The SMILES string of the molecule is O=[N+]([O-])c1ccc(O[C@H]2C(O)O[C@H](CO)[C@@H](O)[C@@H]2O)cc1. The monoisotopic (exact) mass is 301 g/mol. The van der Waals surface area contributed by atoms with Gasteiger partial charge in [0, 0.05) is 12.1 Å². The number of nitro groups is 1. The Hall–Kier alpha value is -1.78. The number of nitrogens with zero attached hydrogens (tertiary/aromatic N) is 1. The molecule has 9 heteroatoms. The fraction of sp³-hybridized carbons (Fsp3) is 0.500. The van der Waals surface area contributed by atoms with Crippen molar-refractivity contribution in [3.8, 4) is 5.75 Å². The molecule has 0 amide bonds. The van der Waals surface area contributed by atoms with Gasteiger partial charge < -0.3 is 29.9 Å². The number of non-ortho nitro benzene ring substituents is 1. The standard InChI is InChI=1S/C12H15NO8/c14-5-8-9(15)10(16)11(12(17)21-8)20-7-3-1-6(2-4-7)13(18)19/h1-4,8-12,14-17H,5H2/t8-,9-,10+,11-,12?/m1/s1. The van der Waals surface area contributed by atoms with E-state index in [0.717, 1.165) is 0 Å². The van der Waals surface area contributed by atoms with Crippen LogP contribution in [0.25, 0.3) is 0 Å². The van der Waals surface area contributed by atoms with E-state index in [1.807, 2.05) is 0 Å². The van der Waals surface area contributed by atoms with Crippen LogP contribution in [-0.4, -0.2) is 62.7 Å². The van der Waals surface area contributed by atoms with Crippen LogP contribution in [0.2, 0.25) is 0 Å². The molecular weight excluding hydrogens is 286 g/mol. The fourth-order valence-electron chi connectivity index (χ4n) is 2.00. The molecule has 0 saturated carbocycles. The van der Waals surface area contributed by atoms with Crippen LogP contribution in [0.1, 0.15) is 0 Å². The summed E-state index contributed by atoms with van der Waals surface area (Å²) in [7, 11) is 0. The zero-order chi connectivity index (χ0) is 15.6. The molecule has 0 bridgehead atoms. The summed E-state index contributed by atoms with van der Waals surface area (Å²) in [5.74, 6) is 0.155. The zero-order valence-electron chi connectivity index (χ0n) is 10.8. The van der Waals surface area contributed by atoms with Gasteiger partial charge in [-0.05, 0) is 12.1 Å². The summed E-state index contributed by atoms with van der Waals surface area (Å²) >= 11 is 0. The lowest BCUT2D eigenvalue weighted by atomic mass is 9.99. The topological polar surface area (TPSA) is 143 Å². The van der Waals surface area contributed by atoms with Crippen LogP contribution in [0.4, 0.5) is 5.69 Å². The number of aliphatic hydroxyl groups excluding tert-OH is 4. The first-order valence-electron chi connectivity index (χ1n) is 6.15. The lowest BCUT2D eigenvalue weighted by Gasteiger charge is -2.39. The Balaban J connectivity index is 2.09. The molecule has 2 rings (SSSR count). The Morgan fingerprint density at radius 2 is 1.81 bits per heavy atom. The van der Waals surface area contributed by atoms with Crippen molar-refractivity contribution in [2.75, 3.05) is 6.61 Å². The maximum absolute atomic E-state index is 10.5. The summed E-state index contributed by atoms with van der Waals surface area (Å²) in [4.78, 5) is 9.95. The highest BCUT2D eigenvalue weighted by atomic mass is 16.7. The van der Waals surface area contributed by atoms with Gasteiger partial charge in [-0.15, -0.1) is 0 Å². The van der Waals surface area contributed by atoms with Crippen LogP contribution in [0, 0.1) is 10.1 Å². The second-order valence-electron chi connectivity index (χ2n) is 4.56. The fourth-order valence-corrected chi connectivity index (χ4v) is 2.00. The van der Waals surface area contributed by atoms with Crippen molar-refractivity contribution in [1.29, 1.82) is 0 Å². The van der Waals surface area contributed by atoms with E-state index in [1.54, 1.807) is 0 Å². The summed E-state index contributed by atoms with van der Waals surface area (Å²) in [5.41, 5.74) is -0.135. The molecular formula is C12H15NO8. The average Bonchev–Trinajstić information content (AvgIpc) is 2.47. The summed E-state index contributed by atoms with van der Waals surface area (Å²) < 4.78 is 10.2. The maximum Gasteiger partial charge on any atom is 0.269 e. The average molecular weight is 301 g/mol. The summed E-state index contributed by atoms with van der Waals surface area (Å²) in [6.07, 6.45) is -6.88. The van der Waals surface area contributed by atoms with Gasteiger partial charge in [0.15, 0.2) is 12.4 Å². The van der Waals surface area contributed by atoms with E-state index in [4.69, 9.17) is 14.6 Å². The zero-order valence-corrected chi connectivity index (χ0v) is 10.8. The van der Waals surface area contributed by atoms with Crippen molar-refractivity contribution in [2.45, 2.75) is 30.7 Å². The quantitative estimate of drug-likeness (QED) is 0.400. The van der Waals surface area contributed by atoms with E-state index in [-0.39, 0.29) is 11.4 Å². The van der Waals surface area contributed by atoms with Crippen LogP contribution in [-0.2, 0) is 4.74 Å². The Kier molecular flexibility index (Phi) is 4.70. The van der Waals surface area contributed by atoms with E-state index in [9.17, 15) is 25.4 Å². The van der Waals surface area contributed by atoms with Gasteiger partial charge in [0.2, 0.25) is 0 Å². The normalized spacial score (nSPS) is 32.7. The Labute approximate surface area is 119 Å². The first-order valence-corrected chi connectivity index (χ1v) is 6.15. The highest BCUT2D eigenvalue weighted by Crippen LogP contribution is 2.25. The summed E-state index contributed by atoms with van der Waals surface area (Å²) in [5, 5.41) is 48.8. The molecule has 21 heavy (non-hydrogen) atoms. The molecule has 4 N–H and O–H groups in total. The largest absolute Gasteiger partial charge is 0.482 e. The molecule has 1 aliphatic heterocycles. The molecule has 1 aliphatic rings. The van der Waals surface area contributed by atoms with Crippen molar-refractivity contribution in [1.82, 2.24) is 0 Å². The summed E-state index contributed by atoms with van der Waals surface area (Å²) in [6, 6.07) is 4.99. The molecule has 0 aliphatic carbocycles. The number of ether oxygens (including phenoxy) is 2. The van der Waals surface area contributed by atoms with Gasteiger partial charge in [0.05, 0.1) is 11.5 Å². The minimum atomic E-state index is -1.56. The third-order valence-electron chi connectivity index (χ3n) is 3.16. The van der Waals surface area contributed by atoms with Crippen molar-refractivity contribution < 1.29 is 34.8 Å². The van der Waals surface area contributed by atoms with Crippen molar-refractivity contribution in [3.05, 3.63) is 34.4 Å². The molecule has 5 atom stereocenters. The smallest absolute Gasteiger partial charge is 0.269 e. The lowest BCUT2D eigenvalue weighted by Crippen LogP contribution is -2.60. The Bertz CT molecular complexity index is 493. The van der Waals surface area contributed by atoms with Gasteiger partial charge in [-0.1, -0.05) is 0 Å². The molecule has 0 radical (unpaired) electrons. The molecule has 1 saturated heterocycles. The molecule has 116 valence electrons. The number of hydrogen-bond acceptors (Lipinski definition) is 8. The minimum Gasteiger partial charge on any atom is -0.482 e. The van der Waals surface area contributed by atoms with Gasteiger partial charge in [0.25, 0.3) is 5.69 Å². The molecule has 1 aromatic carbocycles. The van der Waals surface area contributed by atoms with E-state index in [2.05, 4.69) is 0 Å². The van der Waals surface area contributed by atoms with E-state index in [1.165, 1.54) is 24.3 Å². The predicted molar refractivity (Wildman–Crippen MR) is 67.5 cm³/mol. The van der Waals surface area contributed by atoms with Crippen LogP contribution in [0.15, 0.2) is 24.3 Å². The highest BCUT2D eigenvalue weighted by Gasteiger charge is 2.45. The summed E-state index contributed by atoms with van der Waals surface area (Å²) in [6.45, 7) is -0.570. The number of rotatable bonds is 4. The molecule has 1 unspecified atom stereocenters. The highest BCUT2D eigenvalue weighted by molar-refractivity contribution is 5.36. The Morgan fingerprint density at radius 3 is 2.33 bits per heavy atom. The first-order chi connectivity index (χ1) is 9.93. The second-order valence-corrected chi connectivity index (χ2v) is 4.56. The van der Waals surface area contributed by atoms with E-state index < -0.39 is 42.2 Å². The Morgan fingerprint density at radius 1 is 1.19 bits per heavy atom. The van der Waals surface area contributed by atoms with E-state index in [0.29, 0.717) is 0 Å². The molecule has 9 nitrogen and oxygen atoms in total. The second kappa shape index (κ2) is 6.33. The number of nitro benzene ring substituents is 1. The third kappa shape index (κ3) is 3.28. The molecule has 0 spiro atoms. The molecule has 1 fully saturated rings. The van der Waals surface area contributed by atoms with Crippen LogP contribution in [0.5, 0.6) is 5.75 Å². The van der Waals surface area contributed by atoms with Crippen molar-refractivity contribution in [3.63, 3.8) is 0 Å².